The molecule has 0 heterocycles. The van der Waals surface area contributed by atoms with E-state index in [1.165, 1.54) is 0 Å². The molecule has 1 aliphatic rings. The lowest BCUT2D eigenvalue weighted by Gasteiger charge is -2.30. The number of amides is 1. The molecule has 0 aromatic carbocycles. The van der Waals surface area contributed by atoms with Crippen LogP contribution in [0, 0.1) is 22.2 Å². The Kier molecular flexibility index (Phi) is 3.62. The molecular formula is C13H22N2O. The molecular weight excluding hydrogens is 200 g/mol. The Bertz CT molecular complexity index is 316. The number of hydrogen-bond acceptors (Lipinski definition) is 2. The van der Waals surface area contributed by atoms with Crippen molar-refractivity contribution in [3.8, 4) is 6.07 Å². The molecule has 16 heavy (non-hydrogen) atoms. The Morgan fingerprint density at radius 3 is 2.62 bits per heavy atom. The molecule has 0 aromatic rings. The van der Waals surface area contributed by atoms with E-state index < -0.39 is 5.41 Å². The summed E-state index contributed by atoms with van der Waals surface area (Å²) in [6, 6.07) is 2.34. The summed E-state index contributed by atoms with van der Waals surface area (Å²) in [6.45, 7) is 7.95. The second-order valence-electron chi connectivity index (χ2n) is 5.70. The molecule has 0 radical (unpaired) electrons. The lowest BCUT2D eigenvalue weighted by atomic mass is 9.84. The van der Waals surface area contributed by atoms with Crippen molar-refractivity contribution in [1.82, 2.24) is 5.32 Å². The minimum atomic E-state index is -0.876. The first-order valence-electron chi connectivity index (χ1n) is 6.08. The van der Waals surface area contributed by atoms with Crippen molar-refractivity contribution in [3.63, 3.8) is 0 Å². The van der Waals surface area contributed by atoms with Gasteiger partial charge in [-0.1, -0.05) is 27.2 Å². The van der Waals surface area contributed by atoms with Crippen LogP contribution in [-0.4, -0.2) is 11.9 Å². The fraction of sp³-hybridized carbons (Fsp3) is 0.846. The van der Waals surface area contributed by atoms with Gasteiger partial charge in [-0.15, -0.1) is 0 Å². The zero-order valence-electron chi connectivity index (χ0n) is 10.8. The summed E-state index contributed by atoms with van der Waals surface area (Å²) in [7, 11) is 0. The Morgan fingerprint density at radius 1 is 1.62 bits per heavy atom. The van der Waals surface area contributed by atoms with Crippen LogP contribution in [0.25, 0.3) is 0 Å². The third kappa shape index (κ3) is 2.37. The Hall–Kier alpha value is -1.04. The summed E-state index contributed by atoms with van der Waals surface area (Å²) in [5, 5.41) is 12.1. The molecule has 0 aliphatic heterocycles. The highest BCUT2D eigenvalue weighted by Gasteiger charge is 2.39. The van der Waals surface area contributed by atoms with Crippen molar-refractivity contribution in [3.05, 3.63) is 0 Å². The maximum absolute atomic E-state index is 12.0. The third-order valence-electron chi connectivity index (χ3n) is 4.02. The highest BCUT2D eigenvalue weighted by atomic mass is 16.2. The van der Waals surface area contributed by atoms with Gasteiger partial charge in [-0.25, -0.2) is 0 Å². The summed E-state index contributed by atoms with van der Waals surface area (Å²) in [4.78, 5) is 12.0. The van der Waals surface area contributed by atoms with E-state index in [4.69, 9.17) is 5.26 Å². The fourth-order valence-corrected chi connectivity index (χ4v) is 2.20. The molecule has 0 saturated heterocycles. The summed E-state index contributed by atoms with van der Waals surface area (Å²) in [5.74, 6) is -0.113. The molecule has 1 saturated carbocycles. The van der Waals surface area contributed by atoms with E-state index in [1.54, 1.807) is 6.92 Å². The van der Waals surface area contributed by atoms with E-state index in [0.29, 0.717) is 6.42 Å². The summed E-state index contributed by atoms with van der Waals surface area (Å²) >= 11 is 0. The zero-order chi connectivity index (χ0) is 12.4. The van der Waals surface area contributed by atoms with Gasteiger partial charge in [0.2, 0.25) is 5.91 Å². The average molecular weight is 222 g/mol. The van der Waals surface area contributed by atoms with Crippen LogP contribution in [0.3, 0.4) is 0 Å². The van der Waals surface area contributed by atoms with Crippen molar-refractivity contribution in [2.75, 3.05) is 0 Å². The molecule has 1 rings (SSSR count). The Morgan fingerprint density at radius 2 is 2.25 bits per heavy atom. The van der Waals surface area contributed by atoms with Gasteiger partial charge in [-0.2, -0.15) is 5.26 Å². The molecule has 90 valence electrons. The van der Waals surface area contributed by atoms with Gasteiger partial charge < -0.3 is 5.32 Å². The van der Waals surface area contributed by atoms with Crippen LogP contribution in [-0.2, 0) is 4.79 Å². The second-order valence-corrected chi connectivity index (χ2v) is 5.70. The number of carbonyl (C=O) groups is 1. The van der Waals surface area contributed by atoms with Gasteiger partial charge in [0, 0.05) is 6.04 Å². The van der Waals surface area contributed by atoms with Crippen LogP contribution in [0.4, 0.5) is 0 Å². The number of nitrogens with one attached hydrogen (secondary N) is 1. The zero-order valence-corrected chi connectivity index (χ0v) is 10.8. The first-order valence-corrected chi connectivity index (χ1v) is 6.08. The van der Waals surface area contributed by atoms with Crippen LogP contribution in [0.2, 0.25) is 0 Å². The summed E-state index contributed by atoms with van der Waals surface area (Å²) in [5.41, 5.74) is -0.710. The monoisotopic (exact) mass is 222 g/mol. The fourth-order valence-electron chi connectivity index (χ4n) is 2.20. The highest BCUT2D eigenvalue weighted by molar-refractivity contribution is 5.85. The lowest BCUT2D eigenvalue weighted by molar-refractivity contribution is -0.129. The van der Waals surface area contributed by atoms with Gasteiger partial charge in [0.1, 0.15) is 5.41 Å². The molecule has 1 aliphatic carbocycles. The third-order valence-corrected chi connectivity index (χ3v) is 4.02. The molecule has 2 atom stereocenters. The summed E-state index contributed by atoms with van der Waals surface area (Å²) < 4.78 is 0. The van der Waals surface area contributed by atoms with E-state index in [-0.39, 0.29) is 17.4 Å². The predicted octanol–water partition coefficient (Wildman–Crippen LogP) is 2.62. The van der Waals surface area contributed by atoms with Crippen LogP contribution in [0.15, 0.2) is 0 Å². The van der Waals surface area contributed by atoms with E-state index in [9.17, 15) is 4.79 Å². The van der Waals surface area contributed by atoms with Crippen molar-refractivity contribution < 1.29 is 4.79 Å². The minimum Gasteiger partial charge on any atom is -0.351 e. The van der Waals surface area contributed by atoms with E-state index in [2.05, 4.69) is 25.2 Å². The quantitative estimate of drug-likeness (QED) is 0.798. The lowest BCUT2D eigenvalue weighted by Crippen LogP contribution is -2.47. The number of nitriles is 1. The van der Waals surface area contributed by atoms with Crippen LogP contribution >= 0.6 is 0 Å². The van der Waals surface area contributed by atoms with Gasteiger partial charge in [0.25, 0.3) is 0 Å². The van der Waals surface area contributed by atoms with E-state index >= 15 is 0 Å². The number of hydrogen-bond donors (Lipinski definition) is 1. The number of nitrogens with zero attached hydrogens (tertiary/aromatic N) is 1. The molecule has 3 nitrogen and oxygen atoms in total. The number of carbonyl (C=O) groups excluding carboxylic acids is 1. The standard InChI is InChI=1S/C13H22N2O/c1-5-13(4,9-14)11(16)15-10-7-6-8-12(10,2)3/h10H,5-8H2,1-4H3,(H,15,16). The van der Waals surface area contributed by atoms with Crippen molar-refractivity contribution in [2.24, 2.45) is 10.8 Å². The van der Waals surface area contributed by atoms with Crippen molar-refractivity contribution >= 4 is 5.91 Å². The van der Waals surface area contributed by atoms with Crippen molar-refractivity contribution in [2.45, 2.75) is 59.4 Å². The normalized spacial score (nSPS) is 26.8. The van der Waals surface area contributed by atoms with Crippen LogP contribution in [0.5, 0.6) is 0 Å². The van der Waals surface area contributed by atoms with Gasteiger partial charge in [0.05, 0.1) is 6.07 Å². The van der Waals surface area contributed by atoms with Crippen molar-refractivity contribution in [1.29, 1.82) is 5.26 Å². The molecule has 3 heteroatoms. The molecule has 0 bridgehead atoms. The predicted molar refractivity (Wildman–Crippen MR) is 63.6 cm³/mol. The SMILES string of the molecule is CCC(C)(C#N)C(=O)NC1CCCC1(C)C. The largest absolute Gasteiger partial charge is 0.351 e. The molecule has 0 spiro atoms. The Labute approximate surface area is 98.2 Å². The minimum absolute atomic E-state index is 0.113. The average Bonchev–Trinajstić information content (AvgIpc) is 2.57. The highest BCUT2D eigenvalue weighted by Crippen LogP contribution is 2.37. The Balaban J connectivity index is 2.69. The maximum Gasteiger partial charge on any atom is 0.240 e. The van der Waals surface area contributed by atoms with Gasteiger partial charge in [0.15, 0.2) is 0 Å². The summed E-state index contributed by atoms with van der Waals surface area (Å²) in [6.07, 6.45) is 3.90. The first kappa shape index (κ1) is 13.0. The smallest absolute Gasteiger partial charge is 0.240 e. The number of rotatable bonds is 3. The topological polar surface area (TPSA) is 52.9 Å². The molecule has 2 unspecified atom stereocenters. The van der Waals surface area contributed by atoms with Gasteiger partial charge in [-0.05, 0) is 31.6 Å². The molecule has 1 N–H and O–H groups in total. The first-order chi connectivity index (χ1) is 7.35. The van der Waals surface area contributed by atoms with Crippen LogP contribution in [0.1, 0.15) is 53.4 Å². The molecule has 1 fully saturated rings. The maximum atomic E-state index is 12.0. The van der Waals surface area contributed by atoms with Crippen LogP contribution < -0.4 is 5.32 Å². The second kappa shape index (κ2) is 4.45. The molecule has 1 amide bonds. The van der Waals surface area contributed by atoms with Gasteiger partial charge in [-0.3, -0.25) is 4.79 Å². The van der Waals surface area contributed by atoms with Gasteiger partial charge >= 0.3 is 0 Å². The van der Waals surface area contributed by atoms with E-state index in [1.807, 2.05) is 6.92 Å². The molecule has 0 aromatic heterocycles. The van der Waals surface area contributed by atoms with E-state index in [0.717, 1.165) is 19.3 Å².